The van der Waals surface area contributed by atoms with Crippen molar-refractivity contribution in [1.82, 2.24) is 5.32 Å². The minimum atomic E-state index is -3.30. The molecule has 3 rings (SSSR count). The Morgan fingerprint density at radius 1 is 1.18 bits per heavy atom. The van der Waals surface area contributed by atoms with Crippen LogP contribution in [0, 0.1) is 0 Å². The highest BCUT2D eigenvalue weighted by Gasteiger charge is 2.20. The molecule has 34 heavy (non-hydrogen) atoms. The number of sulfonamides is 1. The van der Waals surface area contributed by atoms with E-state index in [0.717, 1.165) is 55.7 Å². The zero-order valence-electron chi connectivity index (χ0n) is 18.7. The van der Waals surface area contributed by atoms with E-state index in [1.165, 1.54) is 0 Å². The third kappa shape index (κ3) is 9.96. The van der Waals surface area contributed by atoms with Gasteiger partial charge in [0.2, 0.25) is 10.0 Å². The molecule has 0 aromatic heterocycles. The van der Waals surface area contributed by atoms with Crippen molar-refractivity contribution in [2.75, 3.05) is 36.4 Å². The van der Waals surface area contributed by atoms with Gasteiger partial charge in [-0.05, 0) is 49.6 Å². The molecule has 0 saturated heterocycles. The number of hydrogen-bond donors (Lipinski definition) is 5. The molecule has 1 aliphatic rings. The highest BCUT2D eigenvalue weighted by molar-refractivity contribution is 7.92. The lowest BCUT2D eigenvalue weighted by Gasteiger charge is -2.27. The van der Waals surface area contributed by atoms with E-state index in [4.69, 9.17) is 35.0 Å². The number of aryl methyl sites for hydroxylation is 1. The van der Waals surface area contributed by atoms with E-state index in [9.17, 15) is 8.42 Å². The number of aliphatic carboxylic acids is 2. The first-order chi connectivity index (χ1) is 16.0. The Labute approximate surface area is 197 Å². The number of nitrogen functional groups attached to an aromatic ring is 1. The summed E-state index contributed by atoms with van der Waals surface area (Å²) in [6, 6.07) is 12.8. The zero-order chi connectivity index (χ0) is 25.1. The molecule has 1 aliphatic heterocycles. The van der Waals surface area contributed by atoms with E-state index in [1.54, 1.807) is 12.1 Å². The average molecular weight is 496 g/mol. The number of anilines is 2. The van der Waals surface area contributed by atoms with Crippen molar-refractivity contribution < 1.29 is 37.7 Å². The predicted molar refractivity (Wildman–Crippen MR) is 127 cm³/mol. The number of nitrogens with one attached hydrogen (secondary N) is 2. The summed E-state index contributed by atoms with van der Waals surface area (Å²) in [5, 5.41) is 18.2. The normalized spacial score (nSPS) is 14.6. The Morgan fingerprint density at radius 3 is 2.56 bits per heavy atom. The van der Waals surface area contributed by atoms with Crippen LogP contribution in [0.2, 0.25) is 0 Å². The number of fused-ring (bicyclic) bond motifs is 1. The molecule has 0 fully saturated rings. The summed E-state index contributed by atoms with van der Waals surface area (Å²) >= 11 is 0. The van der Waals surface area contributed by atoms with E-state index in [-0.39, 0.29) is 6.10 Å². The van der Waals surface area contributed by atoms with Gasteiger partial charge in [-0.25, -0.2) is 18.0 Å². The van der Waals surface area contributed by atoms with Crippen molar-refractivity contribution >= 4 is 33.3 Å². The van der Waals surface area contributed by atoms with Crippen molar-refractivity contribution in [2.45, 2.75) is 25.4 Å². The number of carboxylic acids is 2. The predicted octanol–water partition coefficient (Wildman–Crippen LogP) is 1.55. The summed E-state index contributed by atoms with van der Waals surface area (Å²) < 4.78 is 37.0. The standard InChI is InChI=1S/C20H27N3O4S.C2H2O4/c1-28(24,25)23-17-8-6-15-7-9-19(27-20(15)13-17)14-22-10-3-11-26-18-5-2-4-16(21)12-18;3-1(4)2(5)6/h2,4-6,8,12-13,19,22-23H,3,7,9-11,14,21H2,1H3;(H,3,4)(H,5,6). The highest BCUT2D eigenvalue weighted by Crippen LogP contribution is 2.30. The second kappa shape index (κ2) is 12.7. The third-order valence-electron chi connectivity index (χ3n) is 4.58. The fourth-order valence-electron chi connectivity index (χ4n) is 3.10. The maximum absolute atomic E-state index is 11.4. The van der Waals surface area contributed by atoms with E-state index < -0.39 is 22.0 Å². The summed E-state index contributed by atoms with van der Waals surface area (Å²) in [5.74, 6) is -2.12. The second-order valence-electron chi connectivity index (χ2n) is 7.56. The fourth-order valence-corrected chi connectivity index (χ4v) is 3.66. The van der Waals surface area contributed by atoms with E-state index in [0.29, 0.717) is 18.0 Å². The van der Waals surface area contributed by atoms with Gasteiger partial charge < -0.3 is 30.7 Å². The number of carboxylic acid groups (broad SMARTS) is 2. The second-order valence-corrected chi connectivity index (χ2v) is 9.31. The molecule has 186 valence electrons. The summed E-state index contributed by atoms with van der Waals surface area (Å²) in [6.07, 6.45) is 3.92. The van der Waals surface area contributed by atoms with Crippen LogP contribution in [0.25, 0.3) is 0 Å². The van der Waals surface area contributed by atoms with Crippen LogP contribution < -0.4 is 25.2 Å². The number of hydrogen-bond acceptors (Lipinski definition) is 8. The van der Waals surface area contributed by atoms with Gasteiger partial charge in [-0.1, -0.05) is 12.1 Å². The Bertz CT molecular complexity index is 1080. The Morgan fingerprint density at radius 2 is 1.91 bits per heavy atom. The van der Waals surface area contributed by atoms with Crippen LogP contribution in [0.3, 0.4) is 0 Å². The third-order valence-corrected chi connectivity index (χ3v) is 5.19. The first-order valence-corrected chi connectivity index (χ1v) is 12.4. The van der Waals surface area contributed by atoms with Crippen molar-refractivity contribution in [3.63, 3.8) is 0 Å². The molecule has 2 aromatic carbocycles. The lowest BCUT2D eigenvalue weighted by Crippen LogP contribution is -2.35. The molecule has 0 amide bonds. The molecule has 0 bridgehead atoms. The van der Waals surface area contributed by atoms with E-state index in [2.05, 4.69) is 10.0 Å². The SMILES string of the molecule is CS(=O)(=O)Nc1ccc2c(c1)OC(CNCCCOc1cccc(N)c1)CC2.O=C(O)C(=O)O. The Kier molecular flexibility index (Phi) is 9.95. The molecule has 2 aromatic rings. The van der Waals surface area contributed by atoms with Crippen LogP contribution in [0.5, 0.6) is 11.5 Å². The lowest BCUT2D eigenvalue weighted by atomic mass is 10.0. The van der Waals surface area contributed by atoms with Crippen molar-refractivity contribution in [1.29, 1.82) is 0 Å². The highest BCUT2D eigenvalue weighted by atomic mass is 32.2. The summed E-state index contributed by atoms with van der Waals surface area (Å²) in [4.78, 5) is 18.2. The Hall–Kier alpha value is -3.51. The van der Waals surface area contributed by atoms with Crippen LogP contribution in [0.15, 0.2) is 42.5 Å². The minimum Gasteiger partial charge on any atom is -0.493 e. The average Bonchev–Trinajstić information content (AvgIpc) is 2.75. The summed E-state index contributed by atoms with van der Waals surface area (Å²) in [5.41, 5.74) is 8.05. The summed E-state index contributed by atoms with van der Waals surface area (Å²) in [7, 11) is -3.30. The minimum absolute atomic E-state index is 0.0656. The van der Waals surface area contributed by atoms with Gasteiger partial charge in [0.25, 0.3) is 0 Å². The van der Waals surface area contributed by atoms with Crippen LogP contribution in [0.1, 0.15) is 18.4 Å². The van der Waals surface area contributed by atoms with Gasteiger partial charge in [0.1, 0.15) is 17.6 Å². The number of carbonyl (C=O) groups is 2. The van der Waals surface area contributed by atoms with E-state index in [1.807, 2.05) is 30.3 Å². The van der Waals surface area contributed by atoms with Gasteiger partial charge in [0, 0.05) is 24.4 Å². The van der Waals surface area contributed by atoms with Crippen LogP contribution in [-0.4, -0.2) is 62.6 Å². The van der Waals surface area contributed by atoms with Crippen molar-refractivity contribution in [3.8, 4) is 11.5 Å². The quantitative estimate of drug-likeness (QED) is 0.195. The van der Waals surface area contributed by atoms with Gasteiger partial charge in [-0.3, -0.25) is 4.72 Å². The Balaban J connectivity index is 0.000000604. The number of rotatable bonds is 9. The van der Waals surface area contributed by atoms with Gasteiger partial charge >= 0.3 is 11.9 Å². The monoisotopic (exact) mass is 495 g/mol. The smallest absolute Gasteiger partial charge is 0.414 e. The van der Waals surface area contributed by atoms with Crippen LogP contribution in [-0.2, 0) is 26.0 Å². The molecule has 0 saturated carbocycles. The number of benzene rings is 2. The van der Waals surface area contributed by atoms with Gasteiger partial charge in [-0.2, -0.15) is 0 Å². The number of nitrogens with two attached hydrogens (primary N) is 1. The van der Waals surface area contributed by atoms with Crippen molar-refractivity contribution in [2.24, 2.45) is 0 Å². The van der Waals surface area contributed by atoms with E-state index >= 15 is 0 Å². The molecule has 1 unspecified atom stereocenters. The largest absolute Gasteiger partial charge is 0.493 e. The molecule has 1 heterocycles. The van der Waals surface area contributed by atoms with Gasteiger partial charge in [-0.15, -0.1) is 0 Å². The van der Waals surface area contributed by atoms with Gasteiger partial charge in [0.15, 0.2) is 0 Å². The van der Waals surface area contributed by atoms with Crippen molar-refractivity contribution in [3.05, 3.63) is 48.0 Å². The zero-order valence-corrected chi connectivity index (χ0v) is 19.5. The lowest BCUT2D eigenvalue weighted by molar-refractivity contribution is -0.159. The molecular weight excluding hydrogens is 466 g/mol. The molecular formula is C22H29N3O8S. The first kappa shape index (κ1) is 26.7. The molecule has 1 atom stereocenters. The molecule has 0 spiro atoms. The molecule has 6 N–H and O–H groups in total. The van der Waals surface area contributed by atoms with Crippen LogP contribution in [0.4, 0.5) is 11.4 Å². The molecule has 11 nitrogen and oxygen atoms in total. The topological polar surface area (TPSA) is 177 Å². The molecule has 0 aliphatic carbocycles. The fraction of sp³-hybridized carbons (Fsp3) is 0.364. The maximum atomic E-state index is 11.4. The molecule has 0 radical (unpaired) electrons. The number of ether oxygens (including phenoxy) is 2. The molecule has 12 heteroatoms. The summed E-state index contributed by atoms with van der Waals surface area (Å²) in [6.45, 7) is 2.18. The maximum Gasteiger partial charge on any atom is 0.414 e. The van der Waals surface area contributed by atoms with Crippen LogP contribution >= 0.6 is 0 Å². The first-order valence-electron chi connectivity index (χ1n) is 10.5. The van der Waals surface area contributed by atoms with Gasteiger partial charge in [0.05, 0.1) is 18.6 Å².